The van der Waals surface area contributed by atoms with Crippen molar-refractivity contribution in [2.75, 3.05) is 6.61 Å². The Bertz CT molecular complexity index is 377. The maximum atomic E-state index is 12.8. The van der Waals surface area contributed by atoms with Crippen molar-refractivity contribution in [3.8, 4) is 11.5 Å². The van der Waals surface area contributed by atoms with E-state index in [2.05, 4.69) is 0 Å². The maximum Gasteiger partial charge on any atom is 0.239 e. The molecule has 0 bridgehead atoms. The summed E-state index contributed by atoms with van der Waals surface area (Å²) in [7, 11) is 0. The largest absolute Gasteiger partial charge is 0.483 e. The molecule has 0 aromatic heterocycles. The van der Waals surface area contributed by atoms with Crippen molar-refractivity contribution in [2.45, 2.75) is 12.7 Å². The van der Waals surface area contributed by atoms with Crippen LogP contribution in [0, 0.1) is 11.6 Å². The van der Waals surface area contributed by atoms with Crippen LogP contribution in [-0.4, -0.2) is 17.5 Å². The van der Waals surface area contributed by atoms with E-state index in [9.17, 15) is 13.9 Å². The van der Waals surface area contributed by atoms with Crippen LogP contribution in [0.15, 0.2) is 12.1 Å². The summed E-state index contributed by atoms with van der Waals surface area (Å²) in [4.78, 5) is 0. The molecule has 0 saturated heterocycles. The highest BCUT2D eigenvalue weighted by molar-refractivity contribution is 5.42. The number of ether oxygens (including phenoxy) is 2. The first-order valence-corrected chi connectivity index (χ1v) is 4.01. The van der Waals surface area contributed by atoms with Crippen LogP contribution in [-0.2, 0) is 0 Å². The fourth-order valence-electron chi connectivity index (χ4n) is 1.18. The number of rotatable bonds is 0. The minimum absolute atomic E-state index is 0.000139. The second-order valence-corrected chi connectivity index (χ2v) is 3.28. The molecule has 1 atom stereocenters. The van der Waals surface area contributed by atoms with Crippen LogP contribution in [0.3, 0.4) is 0 Å². The van der Waals surface area contributed by atoms with Crippen LogP contribution in [0.1, 0.15) is 6.92 Å². The molecule has 1 aliphatic heterocycles. The summed E-state index contributed by atoms with van der Waals surface area (Å²) in [5.41, 5.74) is 0. The quantitative estimate of drug-likeness (QED) is 0.691. The van der Waals surface area contributed by atoms with Crippen molar-refractivity contribution in [2.24, 2.45) is 0 Å². The van der Waals surface area contributed by atoms with Gasteiger partial charge in [0.1, 0.15) is 0 Å². The summed E-state index contributed by atoms with van der Waals surface area (Å²) in [6, 6.07) is 1.73. The van der Waals surface area contributed by atoms with Gasteiger partial charge in [-0.2, -0.15) is 0 Å². The highest BCUT2D eigenvalue weighted by Gasteiger charge is 2.31. The lowest BCUT2D eigenvalue weighted by Gasteiger charge is -2.30. The Morgan fingerprint density at radius 1 is 1.29 bits per heavy atom. The van der Waals surface area contributed by atoms with Gasteiger partial charge in [0, 0.05) is 19.1 Å². The Balaban J connectivity index is 2.43. The van der Waals surface area contributed by atoms with Crippen molar-refractivity contribution < 1.29 is 23.4 Å². The Labute approximate surface area is 78.9 Å². The number of aliphatic hydroxyl groups is 1. The molecular formula is C9H8F2O3. The number of fused-ring (bicyclic) bond motifs is 1. The van der Waals surface area contributed by atoms with Gasteiger partial charge in [0.25, 0.3) is 0 Å². The highest BCUT2D eigenvalue weighted by atomic mass is 19.2. The molecule has 0 amide bonds. The molecule has 5 heteroatoms. The van der Waals surface area contributed by atoms with E-state index in [-0.39, 0.29) is 18.1 Å². The maximum absolute atomic E-state index is 12.8. The number of halogens is 2. The molecule has 1 aromatic carbocycles. The Morgan fingerprint density at radius 3 is 2.50 bits per heavy atom. The zero-order chi connectivity index (χ0) is 10.3. The van der Waals surface area contributed by atoms with E-state index in [1.165, 1.54) is 6.92 Å². The highest BCUT2D eigenvalue weighted by Crippen LogP contribution is 2.35. The van der Waals surface area contributed by atoms with E-state index < -0.39 is 17.4 Å². The van der Waals surface area contributed by atoms with Crippen LogP contribution in [0.2, 0.25) is 0 Å². The first-order valence-electron chi connectivity index (χ1n) is 4.01. The monoisotopic (exact) mass is 202 g/mol. The molecule has 1 heterocycles. The van der Waals surface area contributed by atoms with E-state index in [0.717, 1.165) is 12.1 Å². The molecule has 3 nitrogen and oxygen atoms in total. The molecule has 0 unspecified atom stereocenters. The molecule has 1 aromatic rings. The van der Waals surface area contributed by atoms with Crippen LogP contribution in [0.5, 0.6) is 11.5 Å². The molecule has 76 valence electrons. The van der Waals surface area contributed by atoms with E-state index in [1.54, 1.807) is 0 Å². The van der Waals surface area contributed by atoms with Gasteiger partial charge in [0.2, 0.25) is 5.79 Å². The third-order valence-corrected chi connectivity index (χ3v) is 1.81. The van der Waals surface area contributed by atoms with Gasteiger partial charge in [-0.1, -0.05) is 0 Å². The van der Waals surface area contributed by atoms with E-state index in [4.69, 9.17) is 9.47 Å². The average molecular weight is 202 g/mol. The minimum atomic E-state index is -1.50. The van der Waals surface area contributed by atoms with Crippen LogP contribution < -0.4 is 9.47 Å². The average Bonchev–Trinajstić information content (AvgIpc) is 2.07. The van der Waals surface area contributed by atoms with Crippen molar-refractivity contribution >= 4 is 0 Å². The second kappa shape index (κ2) is 2.81. The smallest absolute Gasteiger partial charge is 0.239 e. The Hall–Kier alpha value is -1.36. The van der Waals surface area contributed by atoms with Crippen molar-refractivity contribution in [3.05, 3.63) is 23.8 Å². The summed E-state index contributed by atoms with van der Waals surface area (Å²) < 4.78 is 35.5. The lowest BCUT2D eigenvalue weighted by molar-refractivity contribution is -0.160. The van der Waals surface area contributed by atoms with E-state index in [0.29, 0.717) is 0 Å². The molecule has 0 fully saturated rings. The predicted molar refractivity (Wildman–Crippen MR) is 43.1 cm³/mol. The topological polar surface area (TPSA) is 38.7 Å². The Kier molecular flexibility index (Phi) is 1.85. The van der Waals surface area contributed by atoms with Crippen molar-refractivity contribution in [3.63, 3.8) is 0 Å². The second-order valence-electron chi connectivity index (χ2n) is 3.28. The molecule has 0 spiro atoms. The van der Waals surface area contributed by atoms with Crippen LogP contribution in [0.25, 0.3) is 0 Å². The van der Waals surface area contributed by atoms with Gasteiger partial charge in [-0.15, -0.1) is 0 Å². The summed E-state index contributed by atoms with van der Waals surface area (Å²) in [6.07, 6.45) is 0. The first-order chi connectivity index (χ1) is 6.48. The lowest BCUT2D eigenvalue weighted by Crippen LogP contribution is -2.41. The molecule has 0 saturated carbocycles. The van der Waals surface area contributed by atoms with Gasteiger partial charge < -0.3 is 14.6 Å². The van der Waals surface area contributed by atoms with Gasteiger partial charge in [0.05, 0.1) is 0 Å². The third kappa shape index (κ3) is 1.50. The van der Waals surface area contributed by atoms with E-state index >= 15 is 0 Å². The van der Waals surface area contributed by atoms with Crippen LogP contribution >= 0.6 is 0 Å². The Morgan fingerprint density at radius 2 is 1.86 bits per heavy atom. The number of benzene rings is 1. The van der Waals surface area contributed by atoms with Gasteiger partial charge in [-0.05, 0) is 0 Å². The molecule has 14 heavy (non-hydrogen) atoms. The fraction of sp³-hybridized carbons (Fsp3) is 0.333. The number of hydrogen-bond acceptors (Lipinski definition) is 3. The standard InChI is InChI=1S/C9H8F2O3/c1-9(12)4-13-7-2-5(10)6(11)3-8(7)14-9/h2-3,12H,4H2,1H3/t9-/m1/s1. The molecule has 2 rings (SSSR count). The number of hydrogen-bond donors (Lipinski definition) is 1. The SMILES string of the molecule is C[C@]1(O)COc2cc(F)c(F)cc2O1. The summed E-state index contributed by atoms with van der Waals surface area (Å²) in [6.45, 7) is 1.25. The van der Waals surface area contributed by atoms with Gasteiger partial charge in [0.15, 0.2) is 29.7 Å². The predicted octanol–water partition coefficient (Wildman–Crippen LogP) is 1.44. The summed E-state index contributed by atoms with van der Waals surface area (Å²) >= 11 is 0. The van der Waals surface area contributed by atoms with Gasteiger partial charge in [-0.25, -0.2) is 8.78 Å². The summed E-state index contributed by atoms with van der Waals surface area (Å²) in [5, 5.41) is 9.42. The van der Waals surface area contributed by atoms with Gasteiger partial charge >= 0.3 is 0 Å². The minimum Gasteiger partial charge on any atom is -0.483 e. The molecular weight excluding hydrogens is 194 g/mol. The van der Waals surface area contributed by atoms with Crippen molar-refractivity contribution in [1.82, 2.24) is 0 Å². The zero-order valence-corrected chi connectivity index (χ0v) is 7.38. The normalized spacial score (nSPS) is 24.9. The third-order valence-electron chi connectivity index (χ3n) is 1.81. The van der Waals surface area contributed by atoms with E-state index in [1.807, 2.05) is 0 Å². The molecule has 1 N–H and O–H groups in total. The molecule has 0 radical (unpaired) electrons. The molecule has 1 aliphatic rings. The van der Waals surface area contributed by atoms with Crippen LogP contribution in [0.4, 0.5) is 8.78 Å². The lowest BCUT2D eigenvalue weighted by atomic mass is 10.2. The first kappa shape index (κ1) is 9.21. The molecule has 0 aliphatic carbocycles. The summed E-state index contributed by atoms with van der Waals surface area (Å²) in [5.74, 6) is -3.45. The fourth-order valence-corrected chi connectivity index (χ4v) is 1.18. The van der Waals surface area contributed by atoms with Gasteiger partial charge in [-0.3, -0.25) is 0 Å². The zero-order valence-electron chi connectivity index (χ0n) is 7.38. The van der Waals surface area contributed by atoms with Crippen molar-refractivity contribution in [1.29, 1.82) is 0 Å².